The van der Waals surface area contributed by atoms with E-state index in [1.54, 1.807) is 0 Å². The fourth-order valence-corrected chi connectivity index (χ4v) is 2.03. The lowest BCUT2D eigenvalue weighted by Gasteiger charge is -2.16. The number of benzene rings is 1. The predicted octanol–water partition coefficient (Wildman–Crippen LogP) is 2.88. The van der Waals surface area contributed by atoms with Crippen molar-refractivity contribution in [3.8, 4) is 0 Å². The predicted molar refractivity (Wildman–Crippen MR) is 70.7 cm³/mol. The van der Waals surface area contributed by atoms with E-state index in [9.17, 15) is 0 Å². The minimum atomic E-state index is 0.484. The highest BCUT2D eigenvalue weighted by Crippen LogP contribution is 2.22. The molecule has 16 heavy (non-hydrogen) atoms. The van der Waals surface area contributed by atoms with E-state index in [1.807, 2.05) is 0 Å². The Morgan fingerprint density at radius 3 is 2.88 bits per heavy atom. The van der Waals surface area contributed by atoms with Gasteiger partial charge in [0.2, 0.25) is 0 Å². The van der Waals surface area contributed by atoms with Crippen LogP contribution in [0.5, 0.6) is 0 Å². The first-order valence-electron chi connectivity index (χ1n) is 6.02. The molecule has 0 bridgehead atoms. The van der Waals surface area contributed by atoms with Gasteiger partial charge in [0.15, 0.2) is 0 Å². The van der Waals surface area contributed by atoms with E-state index in [0.717, 1.165) is 19.5 Å². The maximum Gasteiger partial charge on any atom is 0.0348 e. The Morgan fingerprint density at radius 1 is 1.31 bits per heavy atom. The summed E-state index contributed by atoms with van der Waals surface area (Å²) in [7, 11) is 0. The largest absolute Gasteiger partial charge is 0.383 e. The van der Waals surface area contributed by atoms with Crippen LogP contribution in [-0.2, 0) is 0 Å². The van der Waals surface area contributed by atoms with Crippen LogP contribution in [0, 0.1) is 0 Å². The van der Waals surface area contributed by atoms with E-state index in [0.29, 0.717) is 6.04 Å². The number of hydrogen-bond acceptors (Lipinski definition) is 2. The van der Waals surface area contributed by atoms with Gasteiger partial charge in [0, 0.05) is 18.3 Å². The Hall–Kier alpha value is -1.28. The molecule has 0 spiro atoms. The molecule has 1 heterocycles. The third kappa shape index (κ3) is 2.86. The van der Waals surface area contributed by atoms with Crippen LogP contribution >= 0.6 is 0 Å². The van der Waals surface area contributed by atoms with Gasteiger partial charge in [0.05, 0.1) is 0 Å². The van der Waals surface area contributed by atoms with Crippen molar-refractivity contribution in [1.29, 1.82) is 0 Å². The summed E-state index contributed by atoms with van der Waals surface area (Å²) in [5.74, 6) is 0. The van der Waals surface area contributed by atoms with Gasteiger partial charge in [0.1, 0.15) is 0 Å². The van der Waals surface area contributed by atoms with Crippen LogP contribution in [0.4, 0.5) is 5.69 Å². The first-order valence-corrected chi connectivity index (χ1v) is 6.02. The van der Waals surface area contributed by atoms with Gasteiger partial charge in [-0.15, -0.1) is 0 Å². The van der Waals surface area contributed by atoms with E-state index in [2.05, 4.69) is 54.8 Å². The molecule has 0 atom stereocenters. The van der Waals surface area contributed by atoms with Gasteiger partial charge in [-0.1, -0.05) is 18.2 Å². The molecule has 2 nitrogen and oxygen atoms in total. The van der Waals surface area contributed by atoms with Gasteiger partial charge in [-0.2, -0.15) is 0 Å². The van der Waals surface area contributed by atoms with E-state index < -0.39 is 0 Å². The summed E-state index contributed by atoms with van der Waals surface area (Å²) in [5, 5.41) is 6.78. The maximum absolute atomic E-state index is 3.44. The second kappa shape index (κ2) is 5.17. The fraction of sp³-hybridized carbons (Fsp3) is 0.429. The van der Waals surface area contributed by atoms with Crippen molar-refractivity contribution in [2.45, 2.75) is 26.3 Å². The molecule has 0 aromatic heterocycles. The van der Waals surface area contributed by atoms with Gasteiger partial charge in [-0.05, 0) is 50.1 Å². The van der Waals surface area contributed by atoms with Gasteiger partial charge in [-0.3, -0.25) is 0 Å². The standard InChI is InChI=1S/C14H20N2/c1-11(2)16-14-5-3-4-13(10-14)12-6-8-15-9-7-12/h3-6,10-11,15-16H,7-9H2,1-2H3. The normalized spacial score (nSPS) is 16.1. The summed E-state index contributed by atoms with van der Waals surface area (Å²) in [6, 6.07) is 9.19. The fourth-order valence-electron chi connectivity index (χ4n) is 2.03. The van der Waals surface area contributed by atoms with Crippen molar-refractivity contribution >= 4 is 11.3 Å². The van der Waals surface area contributed by atoms with Crippen LogP contribution in [0.25, 0.3) is 5.57 Å². The van der Waals surface area contributed by atoms with Crippen LogP contribution < -0.4 is 10.6 Å². The molecular weight excluding hydrogens is 196 g/mol. The molecule has 1 aliphatic heterocycles. The Kier molecular flexibility index (Phi) is 3.62. The summed E-state index contributed by atoms with van der Waals surface area (Å²) >= 11 is 0. The molecule has 0 radical (unpaired) electrons. The average molecular weight is 216 g/mol. The van der Waals surface area contributed by atoms with Crippen LogP contribution in [0.2, 0.25) is 0 Å². The van der Waals surface area contributed by atoms with Gasteiger partial charge < -0.3 is 10.6 Å². The minimum Gasteiger partial charge on any atom is -0.383 e. The first-order chi connectivity index (χ1) is 7.75. The molecule has 0 amide bonds. The second-order valence-electron chi connectivity index (χ2n) is 4.56. The topological polar surface area (TPSA) is 24.1 Å². The molecule has 0 saturated heterocycles. The zero-order valence-electron chi connectivity index (χ0n) is 10.1. The highest BCUT2D eigenvalue weighted by Gasteiger charge is 2.06. The molecular formula is C14H20N2. The molecule has 0 fully saturated rings. The number of hydrogen-bond donors (Lipinski definition) is 2. The summed E-state index contributed by atoms with van der Waals surface area (Å²) < 4.78 is 0. The van der Waals surface area contributed by atoms with Crippen molar-refractivity contribution in [2.75, 3.05) is 18.4 Å². The molecule has 2 heteroatoms. The Morgan fingerprint density at radius 2 is 2.19 bits per heavy atom. The lowest BCUT2D eigenvalue weighted by molar-refractivity contribution is 0.738. The van der Waals surface area contributed by atoms with E-state index in [4.69, 9.17) is 0 Å². The van der Waals surface area contributed by atoms with Gasteiger partial charge in [0.25, 0.3) is 0 Å². The van der Waals surface area contributed by atoms with Crippen molar-refractivity contribution in [1.82, 2.24) is 5.32 Å². The summed E-state index contributed by atoms with van der Waals surface area (Å²) in [4.78, 5) is 0. The molecule has 1 aromatic carbocycles. The smallest absolute Gasteiger partial charge is 0.0348 e. The quantitative estimate of drug-likeness (QED) is 0.812. The summed E-state index contributed by atoms with van der Waals surface area (Å²) in [5.41, 5.74) is 4.03. The highest BCUT2D eigenvalue weighted by molar-refractivity contribution is 5.69. The zero-order chi connectivity index (χ0) is 11.4. The summed E-state index contributed by atoms with van der Waals surface area (Å²) in [6.07, 6.45) is 3.42. The van der Waals surface area contributed by atoms with Gasteiger partial charge in [-0.25, -0.2) is 0 Å². The van der Waals surface area contributed by atoms with Crippen LogP contribution in [-0.4, -0.2) is 19.1 Å². The highest BCUT2D eigenvalue weighted by atomic mass is 14.9. The monoisotopic (exact) mass is 216 g/mol. The molecule has 1 aliphatic rings. The second-order valence-corrected chi connectivity index (χ2v) is 4.56. The maximum atomic E-state index is 3.44. The first kappa shape index (κ1) is 11.2. The third-order valence-electron chi connectivity index (χ3n) is 2.75. The van der Waals surface area contributed by atoms with Crippen LogP contribution in [0.3, 0.4) is 0 Å². The Balaban J connectivity index is 2.18. The number of rotatable bonds is 3. The van der Waals surface area contributed by atoms with Crippen LogP contribution in [0.1, 0.15) is 25.8 Å². The van der Waals surface area contributed by atoms with Crippen molar-refractivity contribution in [2.24, 2.45) is 0 Å². The van der Waals surface area contributed by atoms with Crippen molar-refractivity contribution in [3.63, 3.8) is 0 Å². The van der Waals surface area contributed by atoms with Crippen molar-refractivity contribution < 1.29 is 0 Å². The van der Waals surface area contributed by atoms with E-state index >= 15 is 0 Å². The molecule has 2 N–H and O–H groups in total. The zero-order valence-corrected chi connectivity index (χ0v) is 10.1. The Labute approximate surface area is 97.8 Å². The number of anilines is 1. The average Bonchev–Trinajstić information content (AvgIpc) is 2.30. The van der Waals surface area contributed by atoms with E-state index in [-0.39, 0.29) is 0 Å². The van der Waals surface area contributed by atoms with E-state index in [1.165, 1.54) is 16.8 Å². The lowest BCUT2D eigenvalue weighted by Crippen LogP contribution is -2.20. The SMILES string of the molecule is CC(C)Nc1cccc(C2=CCNCC2)c1. The minimum absolute atomic E-state index is 0.484. The molecule has 86 valence electrons. The summed E-state index contributed by atoms with van der Waals surface area (Å²) in [6.45, 7) is 6.41. The molecule has 0 unspecified atom stereocenters. The van der Waals surface area contributed by atoms with Crippen LogP contribution in [0.15, 0.2) is 30.3 Å². The van der Waals surface area contributed by atoms with Gasteiger partial charge >= 0.3 is 0 Å². The lowest BCUT2D eigenvalue weighted by atomic mass is 10.00. The Bertz CT molecular complexity index is 380. The van der Waals surface area contributed by atoms with Crippen molar-refractivity contribution in [3.05, 3.63) is 35.9 Å². The molecule has 0 saturated carbocycles. The third-order valence-corrected chi connectivity index (χ3v) is 2.75. The molecule has 2 rings (SSSR count). The number of nitrogens with one attached hydrogen (secondary N) is 2. The molecule has 1 aromatic rings. The molecule has 0 aliphatic carbocycles.